The van der Waals surface area contributed by atoms with Gasteiger partial charge in [-0.25, -0.2) is 0 Å². The second kappa shape index (κ2) is 6.48. The molecule has 0 unspecified atom stereocenters. The number of aryl methyl sites for hydroxylation is 2. The molecule has 0 saturated carbocycles. The van der Waals surface area contributed by atoms with E-state index < -0.39 is 0 Å². The average molecular weight is 296 g/mol. The van der Waals surface area contributed by atoms with Gasteiger partial charge >= 0.3 is 0 Å². The van der Waals surface area contributed by atoms with Crippen molar-refractivity contribution in [2.75, 3.05) is 6.26 Å². The predicted molar refractivity (Wildman–Crippen MR) is 89.3 cm³/mol. The SMILES string of the molecule is CSc1ccc(C(=O)Cc2ccc3c(c2)CCCC3)cc1. The fourth-order valence-corrected chi connectivity index (χ4v) is 3.37. The third-order valence-corrected chi connectivity index (χ3v) is 4.93. The summed E-state index contributed by atoms with van der Waals surface area (Å²) in [5, 5.41) is 0. The summed E-state index contributed by atoms with van der Waals surface area (Å²) < 4.78 is 0. The standard InChI is InChI=1S/C19H20OS/c1-21-18-10-8-16(9-11-18)19(20)13-14-6-7-15-4-2-3-5-17(15)12-14/h6-12H,2-5,13H2,1H3. The van der Waals surface area contributed by atoms with Crippen LogP contribution in [0.25, 0.3) is 0 Å². The molecule has 0 radical (unpaired) electrons. The fraction of sp³-hybridized carbons (Fsp3) is 0.316. The first-order valence-corrected chi connectivity index (χ1v) is 8.76. The summed E-state index contributed by atoms with van der Waals surface area (Å²) in [5.74, 6) is 0.207. The number of thioether (sulfide) groups is 1. The smallest absolute Gasteiger partial charge is 0.167 e. The van der Waals surface area contributed by atoms with Crippen molar-refractivity contribution in [3.63, 3.8) is 0 Å². The van der Waals surface area contributed by atoms with Crippen molar-refractivity contribution in [2.45, 2.75) is 37.0 Å². The molecule has 0 amide bonds. The van der Waals surface area contributed by atoms with E-state index in [0.717, 1.165) is 11.1 Å². The monoisotopic (exact) mass is 296 g/mol. The van der Waals surface area contributed by atoms with Gasteiger partial charge in [-0.05, 0) is 60.8 Å². The van der Waals surface area contributed by atoms with Gasteiger partial charge in [0.15, 0.2) is 5.78 Å². The second-order valence-electron chi connectivity index (χ2n) is 5.64. The van der Waals surface area contributed by atoms with Crippen molar-refractivity contribution < 1.29 is 4.79 Å². The van der Waals surface area contributed by atoms with Gasteiger partial charge in [-0.3, -0.25) is 4.79 Å². The minimum atomic E-state index is 0.207. The van der Waals surface area contributed by atoms with Crippen LogP contribution in [-0.4, -0.2) is 12.0 Å². The van der Waals surface area contributed by atoms with Gasteiger partial charge in [0.2, 0.25) is 0 Å². The van der Waals surface area contributed by atoms with E-state index in [2.05, 4.69) is 18.2 Å². The van der Waals surface area contributed by atoms with Crippen molar-refractivity contribution >= 4 is 17.5 Å². The lowest BCUT2D eigenvalue weighted by molar-refractivity contribution is 0.0993. The normalized spacial score (nSPS) is 13.8. The topological polar surface area (TPSA) is 17.1 Å². The maximum Gasteiger partial charge on any atom is 0.167 e. The molecular weight excluding hydrogens is 276 g/mol. The summed E-state index contributed by atoms with van der Waals surface area (Å²) in [6.07, 6.45) is 7.49. The Morgan fingerprint density at radius 3 is 2.43 bits per heavy atom. The zero-order chi connectivity index (χ0) is 14.7. The van der Waals surface area contributed by atoms with Crippen LogP contribution in [0.1, 0.15) is 39.9 Å². The van der Waals surface area contributed by atoms with E-state index in [1.165, 1.54) is 41.7 Å². The number of rotatable bonds is 4. The highest BCUT2D eigenvalue weighted by Crippen LogP contribution is 2.23. The highest BCUT2D eigenvalue weighted by Gasteiger charge is 2.12. The number of ketones is 1. The van der Waals surface area contributed by atoms with E-state index in [-0.39, 0.29) is 5.78 Å². The zero-order valence-corrected chi connectivity index (χ0v) is 13.2. The molecule has 1 aliphatic carbocycles. The maximum absolute atomic E-state index is 12.4. The van der Waals surface area contributed by atoms with Crippen molar-refractivity contribution in [1.29, 1.82) is 0 Å². The Morgan fingerprint density at radius 2 is 1.71 bits per heavy atom. The number of fused-ring (bicyclic) bond motifs is 1. The lowest BCUT2D eigenvalue weighted by Crippen LogP contribution is -2.07. The number of hydrogen-bond donors (Lipinski definition) is 0. The van der Waals surface area contributed by atoms with Crippen LogP contribution in [0, 0.1) is 0 Å². The number of benzene rings is 2. The molecule has 3 rings (SSSR count). The molecule has 0 aliphatic heterocycles. The van der Waals surface area contributed by atoms with Crippen LogP contribution in [0.15, 0.2) is 47.4 Å². The van der Waals surface area contributed by atoms with Crippen LogP contribution in [0.3, 0.4) is 0 Å². The van der Waals surface area contributed by atoms with E-state index in [4.69, 9.17) is 0 Å². The fourth-order valence-electron chi connectivity index (χ4n) is 2.96. The van der Waals surface area contributed by atoms with Gasteiger partial charge in [0.05, 0.1) is 0 Å². The van der Waals surface area contributed by atoms with Crippen LogP contribution in [0.4, 0.5) is 0 Å². The van der Waals surface area contributed by atoms with Crippen molar-refractivity contribution in [1.82, 2.24) is 0 Å². The average Bonchev–Trinajstić information content (AvgIpc) is 2.55. The summed E-state index contributed by atoms with van der Waals surface area (Å²) in [4.78, 5) is 13.6. The lowest BCUT2D eigenvalue weighted by atomic mass is 9.89. The molecule has 1 aliphatic rings. The van der Waals surface area contributed by atoms with E-state index >= 15 is 0 Å². The van der Waals surface area contributed by atoms with Gasteiger partial charge < -0.3 is 0 Å². The number of carbonyl (C=O) groups is 1. The van der Waals surface area contributed by atoms with Crippen LogP contribution in [-0.2, 0) is 19.3 Å². The molecule has 2 aromatic rings. The van der Waals surface area contributed by atoms with Gasteiger partial charge in [-0.1, -0.05) is 30.3 Å². The Balaban J connectivity index is 1.74. The van der Waals surface area contributed by atoms with Gasteiger partial charge in [0, 0.05) is 16.9 Å². The summed E-state index contributed by atoms with van der Waals surface area (Å²) in [5.41, 5.74) is 4.88. The molecule has 108 valence electrons. The molecule has 2 heteroatoms. The van der Waals surface area contributed by atoms with E-state index in [9.17, 15) is 4.79 Å². The maximum atomic E-state index is 12.4. The molecule has 0 saturated heterocycles. The Hall–Kier alpha value is -1.54. The first kappa shape index (κ1) is 14.4. The van der Waals surface area contributed by atoms with Crippen molar-refractivity contribution in [2.24, 2.45) is 0 Å². The molecular formula is C19H20OS. The largest absolute Gasteiger partial charge is 0.294 e. The van der Waals surface area contributed by atoms with Gasteiger partial charge in [0.1, 0.15) is 0 Å². The lowest BCUT2D eigenvalue weighted by Gasteiger charge is -2.16. The Morgan fingerprint density at radius 1 is 1.00 bits per heavy atom. The highest BCUT2D eigenvalue weighted by molar-refractivity contribution is 7.98. The summed E-state index contributed by atoms with van der Waals surface area (Å²) in [6, 6.07) is 14.5. The summed E-state index contributed by atoms with van der Waals surface area (Å²) in [6.45, 7) is 0. The molecule has 0 aromatic heterocycles. The minimum Gasteiger partial charge on any atom is -0.294 e. The molecule has 0 spiro atoms. The molecule has 0 N–H and O–H groups in total. The molecule has 1 nitrogen and oxygen atoms in total. The van der Waals surface area contributed by atoms with Crippen LogP contribution in [0.2, 0.25) is 0 Å². The van der Waals surface area contributed by atoms with Crippen LogP contribution in [0.5, 0.6) is 0 Å². The predicted octanol–water partition coefficient (Wildman–Crippen LogP) is 4.71. The number of hydrogen-bond acceptors (Lipinski definition) is 2. The van der Waals surface area contributed by atoms with Crippen molar-refractivity contribution in [3.8, 4) is 0 Å². The third-order valence-electron chi connectivity index (χ3n) is 4.19. The molecule has 0 fully saturated rings. The molecule has 0 atom stereocenters. The second-order valence-corrected chi connectivity index (χ2v) is 6.52. The zero-order valence-electron chi connectivity index (χ0n) is 12.4. The summed E-state index contributed by atoms with van der Waals surface area (Å²) in [7, 11) is 0. The Labute approximate surface area is 130 Å². The quantitative estimate of drug-likeness (QED) is 0.600. The highest BCUT2D eigenvalue weighted by atomic mass is 32.2. The molecule has 2 aromatic carbocycles. The van der Waals surface area contributed by atoms with Crippen LogP contribution < -0.4 is 0 Å². The summed E-state index contributed by atoms with van der Waals surface area (Å²) >= 11 is 1.70. The molecule has 21 heavy (non-hydrogen) atoms. The third kappa shape index (κ3) is 3.38. The number of Topliss-reactive ketones (excluding diaryl/α,β-unsaturated/α-hetero) is 1. The Bertz CT molecular complexity index is 643. The molecule has 0 bridgehead atoms. The number of carbonyl (C=O) groups excluding carboxylic acids is 1. The van der Waals surface area contributed by atoms with Gasteiger partial charge in [-0.2, -0.15) is 0 Å². The first-order valence-electron chi connectivity index (χ1n) is 7.54. The molecule has 0 heterocycles. The van der Waals surface area contributed by atoms with Gasteiger partial charge in [-0.15, -0.1) is 11.8 Å². The van der Waals surface area contributed by atoms with Crippen molar-refractivity contribution in [3.05, 3.63) is 64.7 Å². The van der Waals surface area contributed by atoms with Gasteiger partial charge in [0.25, 0.3) is 0 Å². The van der Waals surface area contributed by atoms with Crippen LogP contribution >= 0.6 is 11.8 Å². The van der Waals surface area contributed by atoms with E-state index in [1.54, 1.807) is 11.8 Å². The Kier molecular flexibility index (Phi) is 4.45. The van der Waals surface area contributed by atoms with E-state index in [1.807, 2.05) is 30.5 Å². The first-order chi connectivity index (χ1) is 10.3. The van der Waals surface area contributed by atoms with E-state index in [0.29, 0.717) is 6.42 Å². The minimum absolute atomic E-state index is 0.207.